The van der Waals surface area contributed by atoms with E-state index in [9.17, 15) is 5.11 Å². The molecule has 5 heteroatoms. The van der Waals surface area contributed by atoms with E-state index in [4.69, 9.17) is 4.74 Å². The first kappa shape index (κ1) is 15.0. The van der Waals surface area contributed by atoms with E-state index in [-0.39, 0.29) is 0 Å². The molecular weight excluding hydrogens is 272 g/mol. The molecule has 0 saturated heterocycles. The minimum absolute atomic E-state index is 0.291. The Morgan fingerprint density at radius 3 is 2.85 bits per heavy atom. The van der Waals surface area contributed by atoms with Crippen LogP contribution in [0.1, 0.15) is 15.4 Å². The standard InChI is InChI=1S/C15H20N2O2S/c1-11-5-3-4-6-15(11)19-10-13(18)7-16-8-14-9-17-12(2)20-14/h3-6,9,13,16,18H,7-8,10H2,1-2H3. The number of benzene rings is 1. The molecule has 108 valence electrons. The summed E-state index contributed by atoms with van der Waals surface area (Å²) in [5, 5.41) is 14.2. The van der Waals surface area contributed by atoms with Gasteiger partial charge in [-0.3, -0.25) is 0 Å². The lowest BCUT2D eigenvalue weighted by atomic mass is 10.2. The highest BCUT2D eigenvalue weighted by Gasteiger charge is 2.06. The predicted octanol–water partition coefficient (Wildman–Crippen LogP) is 2.29. The Bertz CT molecular complexity index is 542. The summed E-state index contributed by atoms with van der Waals surface area (Å²) in [6.07, 6.45) is 1.34. The molecule has 0 spiro atoms. The number of aromatic nitrogens is 1. The molecule has 0 aliphatic rings. The van der Waals surface area contributed by atoms with Crippen molar-refractivity contribution in [3.63, 3.8) is 0 Å². The van der Waals surface area contributed by atoms with Crippen LogP contribution in [0.4, 0.5) is 0 Å². The van der Waals surface area contributed by atoms with Crippen molar-refractivity contribution in [1.82, 2.24) is 10.3 Å². The largest absolute Gasteiger partial charge is 0.491 e. The monoisotopic (exact) mass is 292 g/mol. The molecule has 1 heterocycles. The van der Waals surface area contributed by atoms with Crippen molar-refractivity contribution in [2.24, 2.45) is 0 Å². The van der Waals surface area contributed by atoms with Gasteiger partial charge in [0.25, 0.3) is 0 Å². The molecule has 4 nitrogen and oxygen atoms in total. The molecule has 0 aliphatic heterocycles. The highest BCUT2D eigenvalue weighted by atomic mass is 32.1. The molecule has 2 aromatic rings. The maximum atomic E-state index is 9.88. The molecule has 2 rings (SSSR count). The van der Waals surface area contributed by atoms with Crippen molar-refractivity contribution in [2.45, 2.75) is 26.5 Å². The number of thiazole rings is 1. The Hall–Kier alpha value is -1.43. The maximum Gasteiger partial charge on any atom is 0.122 e. The van der Waals surface area contributed by atoms with Crippen LogP contribution in [0.2, 0.25) is 0 Å². The van der Waals surface area contributed by atoms with Crippen LogP contribution in [0.3, 0.4) is 0 Å². The molecular formula is C15H20N2O2S. The minimum Gasteiger partial charge on any atom is -0.491 e. The second-order valence-electron chi connectivity index (χ2n) is 4.71. The van der Waals surface area contributed by atoms with Gasteiger partial charge in [-0.15, -0.1) is 11.3 Å². The second-order valence-corrected chi connectivity index (χ2v) is 6.03. The number of aliphatic hydroxyl groups excluding tert-OH is 1. The third kappa shape index (κ3) is 4.59. The number of nitrogens with zero attached hydrogens (tertiary/aromatic N) is 1. The molecule has 1 unspecified atom stereocenters. The van der Waals surface area contributed by atoms with Crippen molar-refractivity contribution >= 4 is 11.3 Å². The van der Waals surface area contributed by atoms with Gasteiger partial charge in [0, 0.05) is 24.2 Å². The summed E-state index contributed by atoms with van der Waals surface area (Å²) in [5.41, 5.74) is 1.08. The SMILES string of the molecule is Cc1ncc(CNCC(O)COc2ccccc2C)s1. The molecule has 0 radical (unpaired) electrons. The van der Waals surface area contributed by atoms with Crippen molar-refractivity contribution < 1.29 is 9.84 Å². The first-order valence-electron chi connectivity index (χ1n) is 6.63. The summed E-state index contributed by atoms with van der Waals surface area (Å²) < 4.78 is 5.61. The van der Waals surface area contributed by atoms with E-state index < -0.39 is 6.10 Å². The van der Waals surface area contributed by atoms with Gasteiger partial charge < -0.3 is 15.2 Å². The normalized spacial score (nSPS) is 12.3. The molecule has 20 heavy (non-hydrogen) atoms. The van der Waals surface area contributed by atoms with Gasteiger partial charge in [0.05, 0.1) is 5.01 Å². The average molecular weight is 292 g/mol. The maximum absolute atomic E-state index is 9.88. The number of hydrogen-bond donors (Lipinski definition) is 2. The van der Waals surface area contributed by atoms with E-state index >= 15 is 0 Å². The smallest absolute Gasteiger partial charge is 0.122 e. The van der Waals surface area contributed by atoms with Crippen LogP contribution in [0.25, 0.3) is 0 Å². The second kappa shape index (κ2) is 7.38. The Morgan fingerprint density at radius 2 is 2.15 bits per heavy atom. The molecule has 0 fully saturated rings. The van der Waals surface area contributed by atoms with Crippen LogP contribution in [0.5, 0.6) is 5.75 Å². The fourth-order valence-electron chi connectivity index (χ4n) is 1.81. The van der Waals surface area contributed by atoms with E-state index in [1.807, 2.05) is 44.3 Å². The summed E-state index contributed by atoms with van der Waals surface area (Å²) in [4.78, 5) is 5.37. The minimum atomic E-state index is -0.524. The van der Waals surface area contributed by atoms with Crippen LogP contribution >= 0.6 is 11.3 Å². The number of aryl methyl sites for hydroxylation is 2. The van der Waals surface area contributed by atoms with Crippen LogP contribution in [-0.2, 0) is 6.54 Å². The molecule has 0 saturated carbocycles. The lowest BCUT2D eigenvalue weighted by molar-refractivity contribution is 0.106. The Morgan fingerprint density at radius 1 is 1.35 bits per heavy atom. The highest BCUT2D eigenvalue weighted by Crippen LogP contribution is 2.16. The van der Waals surface area contributed by atoms with E-state index in [1.54, 1.807) is 11.3 Å². The van der Waals surface area contributed by atoms with Gasteiger partial charge in [-0.2, -0.15) is 0 Å². The van der Waals surface area contributed by atoms with Crippen molar-refractivity contribution in [3.8, 4) is 5.75 Å². The lowest BCUT2D eigenvalue weighted by Crippen LogP contribution is -2.31. The van der Waals surface area contributed by atoms with E-state index in [0.29, 0.717) is 13.2 Å². The molecule has 0 amide bonds. The van der Waals surface area contributed by atoms with E-state index in [1.165, 1.54) is 4.88 Å². The van der Waals surface area contributed by atoms with Gasteiger partial charge in [-0.25, -0.2) is 4.98 Å². The molecule has 2 N–H and O–H groups in total. The summed E-state index contributed by atoms with van der Waals surface area (Å²) in [5.74, 6) is 0.824. The van der Waals surface area contributed by atoms with Crippen molar-refractivity contribution in [1.29, 1.82) is 0 Å². The zero-order valence-electron chi connectivity index (χ0n) is 11.8. The third-order valence-corrected chi connectivity index (χ3v) is 3.79. The Kier molecular flexibility index (Phi) is 5.52. The molecule has 0 bridgehead atoms. The summed E-state index contributed by atoms with van der Waals surface area (Å²) >= 11 is 1.67. The Labute approximate surface area is 123 Å². The van der Waals surface area contributed by atoms with E-state index in [2.05, 4.69) is 10.3 Å². The summed E-state index contributed by atoms with van der Waals surface area (Å²) in [6, 6.07) is 7.80. The lowest BCUT2D eigenvalue weighted by Gasteiger charge is -2.14. The van der Waals surface area contributed by atoms with E-state index in [0.717, 1.165) is 22.9 Å². The van der Waals surface area contributed by atoms with Crippen LogP contribution in [0, 0.1) is 13.8 Å². The average Bonchev–Trinajstić information content (AvgIpc) is 2.83. The van der Waals surface area contributed by atoms with Gasteiger partial charge in [-0.05, 0) is 25.5 Å². The van der Waals surface area contributed by atoms with Crippen molar-refractivity contribution in [3.05, 3.63) is 45.9 Å². The quantitative estimate of drug-likeness (QED) is 0.822. The zero-order chi connectivity index (χ0) is 14.4. The zero-order valence-corrected chi connectivity index (χ0v) is 12.6. The predicted molar refractivity (Wildman–Crippen MR) is 81.2 cm³/mol. The summed E-state index contributed by atoms with van der Waals surface area (Å²) in [6.45, 7) is 5.50. The van der Waals surface area contributed by atoms with Gasteiger partial charge >= 0.3 is 0 Å². The topological polar surface area (TPSA) is 54.4 Å². The van der Waals surface area contributed by atoms with Gasteiger partial charge in [0.1, 0.15) is 18.5 Å². The number of para-hydroxylation sites is 1. The Balaban J connectivity index is 1.68. The number of ether oxygens (including phenoxy) is 1. The van der Waals surface area contributed by atoms with Crippen LogP contribution in [-0.4, -0.2) is 29.3 Å². The fraction of sp³-hybridized carbons (Fsp3) is 0.400. The fourth-order valence-corrected chi connectivity index (χ4v) is 2.58. The number of hydrogen-bond acceptors (Lipinski definition) is 5. The van der Waals surface area contributed by atoms with Crippen molar-refractivity contribution in [2.75, 3.05) is 13.2 Å². The number of aliphatic hydroxyl groups is 1. The molecule has 1 atom stereocenters. The number of rotatable bonds is 7. The van der Waals surface area contributed by atoms with Crippen LogP contribution < -0.4 is 10.1 Å². The first-order chi connectivity index (χ1) is 9.65. The summed E-state index contributed by atoms with van der Waals surface area (Å²) in [7, 11) is 0. The van der Waals surface area contributed by atoms with Gasteiger partial charge in [0.2, 0.25) is 0 Å². The first-order valence-corrected chi connectivity index (χ1v) is 7.45. The molecule has 0 aliphatic carbocycles. The van der Waals surface area contributed by atoms with Gasteiger partial charge in [0.15, 0.2) is 0 Å². The molecule has 1 aromatic heterocycles. The molecule has 1 aromatic carbocycles. The third-order valence-electron chi connectivity index (χ3n) is 2.87. The van der Waals surface area contributed by atoms with Gasteiger partial charge in [-0.1, -0.05) is 18.2 Å². The number of nitrogens with one attached hydrogen (secondary N) is 1. The van der Waals surface area contributed by atoms with Crippen LogP contribution in [0.15, 0.2) is 30.5 Å². The highest BCUT2D eigenvalue weighted by molar-refractivity contribution is 7.11.